The van der Waals surface area contributed by atoms with Crippen molar-refractivity contribution in [2.45, 2.75) is 32.6 Å². The zero-order valence-electron chi connectivity index (χ0n) is 11.2. The Morgan fingerprint density at radius 3 is 2.59 bits per heavy atom. The molecule has 17 heavy (non-hydrogen) atoms. The summed E-state index contributed by atoms with van der Waals surface area (Å²) in [6, 6.07) is 5.86. The standard InChI is InChI=1S/C14H22ClNO/c1-14(2,3)12-10-11(15)6-7-13(12)17-9-5-8-16-4/h6-7,10,16H,5,8-9H2,1-4H3/p+1. The molecule has 0 amide bonds. The van der Waals surface area contributed by atoms with E-state index in [0.717, 1.165) is 30.3 Å². The second-order valence-corrected chi connectivity index (χ2v) is 5.73. The van der Waals surface area contributed by atoms with Crippen molar-refractivity contribution in [3.8, 4) is 5.75 Å². The zero-order valence-corrected chi connectivity index (χ0v) is 12.0. The average Bonchev–Trinajstić information content (AvgIpc) is 2.25. The lowest BCUT2D eigenvalue weighted by atomic mass is 9.86. The van der Waals surface area contributed by atoms with Crippen molar-refractivity contribution in [3.63, 3.8) is 0 Å². The molecule has 0 aliphatic carbocycles. The van der Waals surface area contributed by atoms with Gasteiger partial charge in [-0.1, -0.05) is 32.4 Å². The molecule has 2 N–H and O–H groups in total. The first kappa shape index (κ1) is 14.3. The lowest BCUT2D eigenvalue weighted by molar-refractivity contribution is -0.627. The number of nitrogens with two attached hydrogens (primary N) is 1. The zero-order chi connectivity index (χ0) is 12.9. The highest BCUT2D eigenvalue weighted by molar-refractivity contribution is 6.30. The maximum absolute atomic E-state index is 6.05. The van der Waals surface area contributed by atoms with E-state index in [0.29, 0.717) is 0 Å². The molecule has 0 saturated heterocycles. The smallest absolute Gasteiger partial charge is 0.123 e. The summed E-state index contributed by atoms with van der Waals surface area (Å²) in [4.78, 5) is 0. The molecule has 1 rings (SSSR count). The Kier molecular flexibility index (Phi) is 5.29. The van der Waals surface area contributed by atoms with Gasteiger partial charge in [0, 0.05) is 17.0 Å². The van der Waals surface area contributed by atoms with Crippen molar-refractivity contribution in [1.82, 2.24) is 0 Å². The van der Waals surface area contributed by atoms with Gasteiger partial charge in [-0.3, -0.25) is 0 Å². The summed E-state index contributed by atoms with van der Waals surface area (Å²) < 4.78 is 5.84. The molecule has 1 aromatic carbocycles. The molecule has 0 saturated carbocycles. The molecule has 96 valence electrons. The van der Waals surface area contributed by atoms with E-state index < -0.39 is 0 Å². The SMILES string of the molecule is C[NH2+]CCCOc1ccc(Cl)cc1C(C)(C)C. The summed E-state index contributed by atoms with van der Waals surface area (Å²) in [5, 5.41) is 2.93. The van der Waals surface area contributed by atoms with Crippen LogP contribution in [0.4, 0.5) is 0 Å². The predicted molar refractivity (Wildman–Crippen MR) is 73.0 cm³/mol. The van der Waals surface area contributed by atoms with E-state index in [1.165, 1.54) is 5.56 Å². The Morgan fingerprint density at radius 2 is 2.00 bits per heavy atom. The van der Waals surface area contributed by atoms with E-state index in [-0.39, 0.29) is 5.41 Å². The normalized spacial score (nSPS) is 11.6. The fraction of sp³-hybridized carbons (Fsp3) is 0.571. The van der Waals surface area contributed by atoms with Gasteiger partial charge in [0.25, 0.3) is 0 Å². The van der Waals surface area contributed by atoms with Crippen LogP contribution in [0.1, 0.15) is 32.8 Å². The van der Waals surface area contributed by atoms with Crippen LogP contribution in [-0.4, -0.2) is 20.2 Å². The number of quaternary nitrogens is 1. The van der Waals surface area contributed by atoms with Gasteiger partial charge >= 0.3 is 0 Å². The first-order valence-electron chi connectivity index (χ1n) is 6.16. The molecule has 1 aromatic rings. The van der Waals surface area contributed by atoms with Crippen LogP contribution in [0, 0.1) is 0 Å². The van der Waals surface area contributed by atoms with E-state index in [2.05, 4.69) is 33.1 Å². The van der Waals surface area contributed by atoms with Gasteiger partial charge in [0.2, 0.25) is 0 Å². The Hall–Kier alpha value is -0.730. The largest absolute Gasteiger partial charge is 0.493 e. The Labute approximate surface area is 109 Å². The highest BCUT2D eigenvalue weighted by Crippen LogP contribution is 2.33. The van der Waals surface area contributed by atoms with E-state index in [1.807, 2.05) is 18.2 Å². The van der Waals surface area contributed by atoms with Crippen molar-refractivity contribution >= 4 is 11.6 Å². The number of halogens is 1. The predicted octanol–water partition coefficient (Wildman–Crippen LogP) is 2.60. The van der Waals surface area contributed by atoms with Crippen LogP contribution in [0.2, 0.25) is 5.02 Å². The number of benzene rings is 1. The van der Waals surface area contributed by atoms with Gasteiger partial charge in [0.05, 0.1) is 20.2 Å². The fourth-order valence-corrected chi connectivity index (χ4v) is 1.86. The molecular formula is C14H23ClNO+. The summed E-state index contributed by atoms with van der Waals surface area (Å²) in [7, 11) is 2.07. The molecule has 0 fully saturated rings. The van der Waals surface area contributed by atoms with E-state index >= 15 is 0 Å². The van der Waals surface area contributed by atoms with Gasteiger partial charge in [-0.25, -0.2) is 0 Å². The number of hydrogen-bond acceptors (Lipinski definition) is 1. The molecule has 0 radical (unpaired) electrons. The summed E-state index contributed by atoms with van der Waals surface area (Å²) in [6.45, 7) is 8.37. The molecule has 3 heteroatoms. The van der Waals surface area contributed by atoms with E-state index in [4.69, 9.17) is 16.3 Å². The van der Waals surface area contributed by atoms with Crippen LogP contribution in [0.25, 0.3) is 0 Å². The fourth-order valence-electron chi connectivity index (χ4n) is 1.68. The topological polar surface area (TPSA) is 25.8 Å². The van der Waals surface area contributed by atoms with E-state index in [9.17, 15) is 0 Å². The monoisotopic (exact) mass is 256 g/mol. The molecule has 0 aromatic heterocycles. The second-order valence-electron chi connectivity index (χ2n) is 5.29. The third-order valence-corrected chi connectivity index (χ3v) is 2.88. The third-order valence-electron chi connectivity index (χ3n) is 2.64. The molecular weight excluding hydrogens is 234 g/mol. The first-order valence-corrected chi connectivity index (χ1v) is 6.53. The quantitative estimate of drug-likeness (QED) is 0.806. The summed E-state index contributed by atoms with van der Waals surface area (Å²) in [6.07, 6.45) is 1.06. The van der Waals surface area contributed by atoms with Crippen LogP contribution in [-0.2, 0) is 5.41 Å². The minimum absolute atomic E-state index is 0.0527. The first-order chi connectivity index (χ1) is 7.95. The van der Waals surface area contributed by atoms with Crippen LogP contribution in [0.15, 0.2) is 18.2 Å². The van der Waals surface area contributed by atoms with Crippen LogP contribution >= 0.6 is 11.6 Å². The van der Waals surface area contributed by atoms with Gasteiger partial charge in [-0.15, -0.1) is 0 Å². The van der Waals surface area contributed by atoms with Gasteiger partial charge in [-0.05, 0) is 23.6 Å². The molecule has 0 heterocycles. The lowest BCUT2D eigenvalue weighted by Crippen LogP contribution is -2.79. The van der Waals surface area contributed by atoms with Gasteiger partial charge < -0.3 is 10.1 Å². The van der Waals surface area contributed by atoms with Crippen LogP contribution in [0.5, 0.6) is 5.75 Å². The minimum atomic E-state index is 0.0527. The van der Waals surface area contributed by atoms with Crippen molar-refractivity contribution in [2.24, 2.45) is 0 Å². The van der Waals surface area contributed by atoms with Gasteiger partial charge in [0.1, 0.15) is 5.75 Å². The summed E-state index contributed by atoms with van der Waals surface area (Å²) in [5.74, 6) is 0.956. The third kappa shape index (κ3) is 4.57. The highest BCUT2D eigenvalue weighted by Gasteiger charge is 2.19. The molecule has 2 nitrogen and oxygen atoms in total. The van der Waals surface area contributed by atoms with Crippen molar-refractivity contribution in [2.75, 3.05) is 20.2 Å². The molecule has 0 spiro atoms. The average molecular weight is 257 g/mol. The highest BCUT2D eigenvalue weighted by atomic mass is 35.5. The number of rotatable bonds is 5. The molecule has 0 atom stereocenters. The maximum atomic E-state index is 6.05. The number of hydrogen-bond donors (Lipinski definition) is 1. The van der Waals surface area contributed by atoms with Crippen LogP contribution < -0.4 is 10.1 Å². The van der Waals surface area contributed by atoms with E-state index in [1.54, 1.807) is 0 Å². The molecule has 0 aliphatic rings. The summed E-state index contributed by atoms with van der Waals surface area (Å²) in [5.41, 5.74) is 1.22. The Balaban J connectivity index is 2.77. The Bertz CT molecular complexity index is 358. The van der Waals surface area contributed by atoms with Gasteiger partial charge in [0.15, 0.2) is 0 Å². The maximum Gasteiger partial charge on any atom is 0.123 e. The number of ether oxygens (including phenoxy) is 1. The molecule has 0 unspecified atom stereocenters. The molecule has 0 bridgehead atoms. The second kappa shape index (κ2) is 6.27. The minimum Gasteiger partial charge on any atom is -0.493 e. The van der Waals surface area contributed by atoms with Crippen molar-refractivity contribution in [1.29, 1.82) is 0 Å². The van der Waals surface area contributed by atoms with Crippen LogP contribution in [0.3, 0.4) is 0 Å². The Morgan fingerprint density at radius 1 is 1.29 bits per heavy atom. The van der Waals surface area contributed by atoms with Crippen molar-refractivity contribution < 1.29 is 10.1 Å². The van der Waals surface area contributed by atoms with Gasteiger partial charge in [-0.2, -0.15) is 0 Å². The van der Waals surface area contributed by atoms with Crippen molar-refractivity contribution in [3.05, 3.63) is 28.8 Å². The molecule has 0 aliphatic heterocycles. The summed E-state index contributed by atoms with van der Waals surface area (Å²) >= 11 is 6.05. The lowest BCUT2D eigenvalue weighted by Gasteiger charge is -2.23.